The molecule has 0 saturated carbocycles. The van der Waals surface area contributed by atoms with Gasteiger partial charge in [-0.05, 0) is 37.9 Å². The van der Waals surface area contributed by atoms with Gasteiger partial charge in [-0.25, -0.2) is 4.98 Å². The van der Waals surface area contributed by atoms with E-state index in [0.29, 0.717) is 11.3 Å². The monoisotopic (exact) mass is 239 g/mol. The van der Waals surface area contributed by atoms with Crippen LogP contribution in [0.25, 0.3) is 11.0 Å². The smallest absolute Gasteiger partial charge is 0.224 e. The molecule has 88 valence electrons. The van der Waals surface area contributed by atoms with E-state index in [9.17, 15) is 0 Å². The van der Waals surface area contributed by atoms with Crippen molar-refractivity contribution < 1.29 is 0 Å². The molecule has 0 aliphatic rings. The molecule has 0 aliphatic heterocycles. The van der Waals surface area contributed by atoms with E-state index in [-0.39, 0.29) is 0 Å². The Bertz CT molecular complexity index is 474. The number of hydrogen-bond donors (Lipinski definition) is 0. The van der Waals surface area contributed by atoms with Crippen LogP contribution < -0.4 is 0 Å². The third-order valence-electron chi connectivity index (χ3n) is 2.30. The van der Waals surface area contributed by atoms with Gasteiger partial charge in [-0.3, -0.25) is 0 Å². The highest BCUT2D eigenvalue weighted by atomic mass is 35.5. The fraction of sp³-hybridized carbons (Fsp3) is 0.500. The van der Waals surface area contributed by atoms with E-state index < -0.39 is 0 Å². The lowest BCUT2D eigenvalue weighted by Gasteiger charge is -2.07. The van der Waals surface area contributed by atoms with Crippen LogP contribution in [0.1, 0.15) is 39.3 Å². The van der Waals surface area contributed by atoms with E-state index in [4.69, 9.17) is 11.6 Å². The van der Waals surface area contributed by atoms with Crippen LogP contribution in [0, 0.1) is 6.92 Å². The lowest BCUT2D eigenvalue weighted by molar-refractivity contribution is 0.616. The van der Waals surface area contributed by atoms with Gasteiger partial charge in [-0.2, -0.15) is 4.98 Å². The molecule has 16 heavy (non-hydrogen) atoms. The minimum absolute atomic E-state index is 0.303. The van der Waals surface area contributed by atoms with E-state index in [1.807, 2.05) is 13.8 Å². The van der Waals surface area contributed by atoms with Crippen molar-refractivity contribution in [3.05, 3.63) is 23.2 Å². The second-order valence-electron chi connectivity index (χ2n) is 3.69. The fourth-order valence-electron chi connectivity index (χ4n) is 1.56. The molecule has 0 unspecified atom stereocenters. The number of rotatable bonds is 1. The number of nitrogens with zero attached hydrogens (tertiary/aromatic N) is 3. The van der Waals surface area contributed by atoms with Gasteiger partial charge in [-0.15, -0.1) is 0 Å². The molecule has 2 aromatic rings. The van der Waals surface area contributed by atoms with Gasteiger partial charge in [0.25, 0.3) is 0 Å². The molecule has 0 radical (unpaired) electrons. The number of aromatic nitrogens is 3. The lowest BCUT2D eigenvalue weighted by Crippen LogP contribution is -1.99. The van der Waals surface area contributed by atoms with Gasteiger partial charge in [0.2, 0.25) is 5.28 Å². The number of aryl methyl sites for hydroxylation is 1. The summed E-state index contributed by atoms with van der Waals surface area (Å²) in [6, 6.07) is 0.386. The van der Waals surface area contributed by atoms with Crippen LogP contribution in [0.5, 0.6) is 0 Å². The summed E-state index contributed by atoms with van der Waals surface area (Å²) in [6.07, 6.45) is 3.86. The van der Waals surface area contributed by atoms with E-state index >= 15 is 0 Å². The Kier molecular flexibility index (Phi) is 4.30. The van der Waals surface area contributed by atoms with Gasteiger partial charge < -0.3 is 4.57 Å². The molecule has 0 bridgehead atoms. The summed E-state index contributed by atoms with van der Waals surface area (Å²) in [5.74, 6) is 0. The van der Waals surface area contributed by atoms with Crippen LogP contribution in [0.2, 0.25) is 5.28 Å². The first-order chi connectivity index (χ1) is 7.59. The quantitative estimate of drug-likeness (QED) is 0.705. The van der Waals surface area contributed by atoms with E-state index in [1.54, 1.807) is 6.20 Å². The molecular weight excluding hydrogens is 222 g/mol. The van der Waals surface area contributed by atoms with Gasteiger partial charge in [0.1, 0.15) is 5.65 Å². The molecule has 2 aromatic heterocycles. The molecular formula is C12H18ClN3. The average Bonchev–Trinajstić information content (AvgIpc) is 2.58. The summed E-state index contributed by atoms with van der Waals surface area (Å²) in [4.78, 5) is 8.22. The molecule has 0 atom stereocenters. The minimum Gasteiger partial charge on any atom is -0.330 e. The molecule has 2 heterocycles. The van der Waals surface area contributed by atoms with Crippen LogP contribution >= 0.6 is 11.6 Å². The predicted molar refractivity (Wildman–Crippen MR) is 69.0 cm³/mol. The number of hydrogen-bond acceptors (Lipinski definition) is 2. The summed E-state index contributed by atoms with van der Waals surface area (Å²) < 4.78 is 2.11. The Balaban J connectivity index is 0.000000606. The second-order valence-corrected chi connectivity index (χ2v) is 4.03. The van der Waals surface area contributed by atoms with Crippen LogP contribution in [-0.2, 0) is 0 Å². The van der Waals surface area contributed by atoms with Gasteiger partial charge in [0.15, 0.2) is 0 Å². The summed E-state index contributed by atoms with van der Waals surface area (Å²) in [7, 11) is 0. The first-order valence-corrected chi connectivity index (χ1v) is 5.97. The lowest BCUT2D eigenvalue weighted by atomic mass is 10.3. The van der Waals surface area contributed by atoms with E-state index in [0.717, 1.165) is 11.0 Å². The van der Waals surface area contributed by atoms with Crippen LogP contribution in [0.3, 0.4) is 0 Å². The molecule has 3 nitrogen and oxygen atoms in total. The Morgan fingerprint density at radius 2 is 1.94 bits per heavy atom. The van der Waals surface area contributed by atoms with Crippen molar-refractivity contribution in [1.82, 2.24) is 14.5 Å². The highest BCUT2D eigenvalue weighted by molar-refractivity contribution is 6.28. The Hall–Kier alpha value is -1.09. The Labute approximate surface area is 101 Å². The largest absolute Gasteiger partial charge is 0.330 e. The molecule has 2 rings (SSSR count). The van der Waals surface area contributed by atoms with Crippen LogP contribution in [-0.4, -0.2) is 14.5 Å². The highest BCUT2D eigenvalue weighted by Crippen LogP contribution is 2.22. The van der Waals surface area contributed by atoms with E-state index in [1.165, 1.54) is 5.56 Å². The summed E-state index contributed by atoms with van der Waals surface area (Å²) in [6.45, 7) is 10.3. The number of halogens is 1. The van der Waals surface area contributed by atoms with Crippen molar-refractivity contribution >= 4 is 22.6 Å². The summed E-state index contributed by atoms with van der Waals surface area (Å²) in [5, 5.41) is 1.38. The summed E-state index contributed by atoms with van der Waals surface area (Å²) in [5.41, 5.74) is 2.10. The van der Waals surface area contributed by atoms with Crippen molar-refractivity contribution in [2.75, 3.05) is 0 Å². The van der Waals surface area contributed by atoms with Crippen molar-refractivity contribution in [3.8, 4) is 0 Å². The normalized spacial score (nSPS) is 10.4. The third-order valence-corrected chi connectivity index (χ3v) is 2.48. The molecule has 0 N–H and O–H groups in total. The molecule has 0 saturated heterocycles. The Morgan fingerprint density at radius 1 is 1.31 bits per heavy atom. The zero-order chi connectivity index (χ0) is 12.3. The maximum Gasteiger partial charge on any atom is 0.224 e. The van der Waals surface area contributed by atoms with Crippen LogP contribution in [0.15, 0.2) is 12.4 Å². The molecule has 0 aliphatic carbocycles. The molecule has 0 spiro atoms. The van der Waals surface area contributed by atoms with Gasteiger partial charge in [0, 0.05) is 23.8 Å². The predicted octanol–water partition coefficient (Wildman–Crippen LogP) is 4.00. The van der Waals surface area contributed by atoms with Gasteiger partial charge >= 0.3 is 0 Å². The van der Waals surface area contributed by atoms with Gasteiger partial charge in [0.05, 0.1) is 0 Å². The topological polar surface area (TPSA) is 30.7 Å². The molecule has 4 heteroatoms. The van der Waals surface area contributed by atoms with Crippen molar-refractivity contribution in [3.63, 3.8) is 0 Å². The minimum atomic E-state index is 0.303. The summed E-state index contributed by atoms with van der Waals surface area (Å²) >= 11 is 5.77. The first-order valence-electron chi connectivity index (χ1n) is 5.59. The van der Waals surface area contributed by atoms with Crippen molar-refractivity contribution in [1.29, 1.82) is 0 Å². The maximum atomic E-state index is 5.77. The fourth-order valence-corrected chi connectivity index (χ4v) is 1.69. The molecule has 0 amide bonds. The number of fused-ring (bicyclic) bond motifs is 1. The average molecular weight is 240 g/mol. The zero-order valence-corrected chi connectivity index (χ0v) is 11.2. The first kappa shape index (κ1) is 13.0. The Morgan fingerprint density at radius 3 is 2.50 bits per heavy atom. The third kappa shape index (κ3) is 2.35. The van der Waals surface area contributed by atoms with Gasteiger partial charge in [-0.1, -0.05) is 13.8 Å². The SMILES string of the molecule is CC.Cc1cn(C(C)C)c2nc(Cl)ncc12. The van der Waals surface area contributed by atoms with E-state index in [2.05, 4.69) is 41.5 Å². The second kappa shape index (κ2) is 5.30. The van der Waals surface area contributed by atoms with Crippen molar-refractivity contribution in [2.45, 2.75) is 40.7 Å². The van der Waals surface area contributed by atoms with Crippen molar-refractivity contribution in [2.24, 2.45) is 0 Å². The van der Waals surface area contributed by atoms with Crippen LogP contribution in [0.4, 0.5) is 0 Å². The zero-order valence-electron chi connectivity index (χ0n) is 10.5. The molecule has 0 fully saturated rings. The maximum absolute atomic E-state index is 5.77. The highest BCUT2D eigenvalue weighted by Gasteiger charge is 2.09. The molecule has 0 aromatic carbocycles. The standard InChI is InChI=1S/C10H12ClN3.C2H6/c1-6(2)14-5-7(3)8-4-12-10(11)13-9(8)14;1-2/h4-6H,1-3H3;1-2H3.